The van der Waals surface area contributed by atoms with E-state index < -0.39 is 0 Å². The summed E-state index contributed by atoms with van der Waals surface area (Å²) in [6.07, 6.45) is 3.75. The first kappa shape index (κ1) is 11.5. The summed E-state index contributed by atoms with van der Waals surface area (Å²) >= 11 is 0. The number of nitrogens with zero attached hydrogens (tertiary/aromatic N) is 2. The van der Waals surface area contributed by atoms with Crippen molar-refractivity contribution in [2.24, 2.45) is 17.1 Å². The number of benzene rings is 1. The lowest BCUT2D eigenvalue weighted by atomic mass is 10.0. The van der Waals surface area contributed by atoms with Crippen molar-refractivity contribution in [1.82, 2.24) is 9.78 Å². The van der Waals surface area contributed by atoms with E-state index in [0.717, 1.165) is 12.2 Å². The van der Waals surface area contributed by atoms with E-state index in [4.69, 9.17) is 5.73 Å². The van der Waals surface area contributed by atoms with Crippen LogP contribution in [0.4, 0.5) is 0 Å². The maximum absolute atomic E-state index is 5.83. The molecule has 3 rings (SSSR count). The van der Waals surface area contributed by atoms with Gasteiger partial charge in [0.2, 0.25) is 0 Å². The van der Waals surface area contributed by atoms with Crippen molar-refractivity contribution in [3.63, 3.8) is 0 Å². The summed E-state index contributed by atoms with van der Waals surface area (Å²) in [5.74, 6) is 1.22. The van der Waals surface area contributed by atoms with Gasteiger partial charge in [-0.1, -0.05) is 26.0 Å². The molecule has 1 fully saturated rings. The minimum absolute atomic E-state index is 0.349. The zero-order chi connectivity index (χ0) is 12.8. The summed E-state index contributed by atoms with van der Waals surface area (Å²) in [6.45, 7) is 5.38. The molecule has 94 valence electrons. The molecule has 2 atom stereocenters. The van der Waals surface area contributed by atoms with Gasteiger partial charge in [0.05, 0.1) is 5.69 Å². The van der Waals surface area contributed by atoms with Gasteiger partial charge in [-0.05, 0) is 47.6 Å². The average molecular weight is 241 g/mol. The van der Waals surface area contributed by atoms with Crippen molar-refractivity contribution in [1.29, 1.82) is 0 Å². The SMILES string of the molecule is CC1(C)[C@@H](CN)[C@@H]1c1ccc(-n2cccn2)cc1. The first-order valence-electron chi connectivity index (χ1n) is 6.44. The normalized spacial score (nSPS) is 25.1. The van der Waals surface area contributed by atoms with Gasteiger partial charge in [-0.3, -0.25) is 0 Å². The van der Waals surface area contributed by atoms with Crippen LogP contribution in [0.1, 0.15) is 25.3 Å². The van der Waals surface area contributed by atoms with Crippen LogP contribution >= 0.6 is 0 Å². The Morgan fingerprint density at radius 2 is 2.00 bits per heavy atom. The maximum atomic E-state index is 5.83. The van der Waals surface area contributed by atoms with Crippen molar-refractivity contribution < 1.29 is 0 Å². The molecule has 1 aromatic heterocycles. The molecule has 1 aromatic carbocycles. The molecule has 2 aromatic rings. The second-order valence-electron chi connectivity index (χ2n) is 5.68. The van der Waals surface area contributed by atoms with Crippen molar-refractivity contribution in [2.75, 3.05) is 6.54 Å². The largest absolute Gasteiger partial charge is 0.330 e. The van der Waals surface area contributed by atoms with Gasteiger partial charge in [0.25, 0.3) is 0 Å². The van der Waals surface area contributed by atoms with Crippen LogP contribution in [0.25, 0.3) is 5.69 Å². The predicted octanol–water partition coefficient (Wildman–Crippen LogP) is 2.57. The van der Waals surface area contributed by atoms with E-state index in [0.29, 0.717) is 17.3 Å². The van der Waals surface area contributed by atoms with Gasteiger partial charge >= 0.3 is 0 Å². The second kappa shape index (κ2) is 3.95. The third kappa shape index (κ3) is 1.66. The van der Waals surface area contributed by atoms with Gasteiger partial charge in [0.1, 0.15) is 0 Å². The quantitative estimate of drug-likeness (QED) is 0.897. The van der Waals surface area contributed by atoms with Crippen molar-refractivity contribution in [3.05, 3.63) is 48.3 Å². The molecule has 1 heterocycles. The number of aromatic nitrogens is 2. The van der Waals surface area contributed by atoms with Gasteiger partial charge in [-0.15, -0.1) is 0 Å². The maximum Gasteiger partial charge on any atom is 0.0645 e. The first-order chi connectivity index (χ1) is 8.64. The smallest absolute Gasteiger partial charge is 0.0645 e. The van der Waals surface area contributed by atoms with Crippen LogP contribution in [-0.4, -0.2) is 16.3 Å². The second-order valence-corrected chi connectivity index (χ2v) is 5.68. The molecule has 0 saturated heterocycles. The summed E-state index contributed by atoms with van der Waals surface area (Å²) in [7, 11) is 0. The Kier molecular flexibility index (Phi) is 2.52. The molecule has 0 bridgehead atoms. The fraction of sp³-hybridized carbons (Fsp3) is 0.400. The Morgan fingerprint density at radius 1 is 1.28 bits per heavy atom. The van der Waals surface area contributed by atoms with Crippen molar-refractivity contribution >= 4 is 0 Å². The Balaban J connectivity index is 1.85. The zero-order valence-electron chi connectivity index (χ0n) is 10.9. The van der Waals surface area contributed by atoms with Gasteiger partial charge in [0, 0.05) is 12.4 Å². The highest BCUT2D eigenvalue weighted by Gasteiger charge is 2.57. The minimum Gasteiger partial charge on any atom is -0.330 e. The van der Waals surface area contributed by atoms with Crippen LogP contribution in [0.5, 0.6) is 0 Å². The van der Waals surface area contributed by atoms with Crippen LogP contribution in [-0.2, 0) is 0 Å². The summed E-state index contributed by atoms with van der Waals surface area (Å²) < 4.78 is 1.88. The van der Waals surface area contributed by atoms with Gasteiger partial charge in [0.15, 0.2) is 0 Å². The van der Waals surface area contributed by atoms with Gasteiger partial charge in [-0.25, -0.2) is 4.68 Å². The molecule has 2 N–H and O–H groups in total. The molecule has 0 amide bonds. The van der Waals surface area contributed by atoms with E-state index >= 15 is 0 Å². The lowest BCUT2D eigenvalue weighted by molar-refractivity contribution is 0.558. The zero-order valence-corrected chi connectivity index (χ0v) is 10.9. The van der Waals surface area contributed by atoms with Crippen LogP contribution in [0.3, 0.4) is 0 Å². The molecule has 18 heavy (non-hydrogen) atoms. The van der Waals surface area contributed by atoms with Crippen LogP contribution in [0, 0.1) is 11.3 Å². The summed E-state index contributed by atoms with van der Waals surface area (Å²) in [5, 5.41) is 4.23. The van der Waals surface area contributed by atoms with E-state index in [2.05, 4.69) is 43.2 Å². The lowest BCUT2D eigenvalue weighted by Gasteiger charge is -2.05. The Hall–Kier alpha value is -1.61. The Bertz CT molecular complexity index is 525. The van der Waals surface area contributed by atoms with Crippen LogP contribution in [0.15, 0.2) is 42.7 Å². The number of hydrogen-bond acceptors (Lipinski definition) is 2. The Morgan fingerprint density at radius 3 is 2.50 bits per heavy atom. The minimum atomic E-state index is 0.349. The van der Waals surface area contributed by atoms with Crippen LogP contribution < -0.4 is 5.73 Å². The molecule has 0 aliphatic heterocycles. The van der Waals surface area contributed by atoms with E-state index in [1.54, 1.807) is 6.20 Å². The predicted molar refractivity (Wildman–Crippen MR) is 72.6 cm³/mol. The highest BCUT2D eigenvalue weighted by molar-refractivity contribution is 5.39. The number of nitrogens with two attached hydrogens (primary N) is 1. The Labute approximate surface area is 108 Å². The molecule has 0 radical (unpaired) electrons. The first-order valence-corrected chi connectivity index (χ1v) is 6.44. The summed E-state index contributed by atoms with van der Waals surface area (Å²) in [4.78, 5) is 0. The molecular formula is C15H19N3. The summed E-state index contributed by atoms with van der Waals surface area (Å²) in [6, 6.07) is 10.6. The molecular weight excluding hydrogens is 222 g/mol. The third-order valence-corrected chi connectivity index (χ3v) is 4.33. The molecule has 0 spiro atoms. The van der Waals surface area contributed by atoms with E-state index in [1.165, 1.54) is 5.56 Å². The number of rotatable bonds is 3. The topological polar surface area (TPSA) is 43.8 Å². The van der Waals surface area contributed by atoms with Gasteiger partial charge < -0.3 is 5.73 Å². The molecule has 1 aliphatic carbocycles. The highest BCUT2D eigenvalue weighted by atomic mass is 15.3. The highest BCUT2D eigenvalue weighted by Crippen LogP contribution is 2.63. The standard InChI is InChI=1S/C15H19N3/c1-15(2)13(10-16)14(15)11-4-6-12(7-5-11)18-9-3-8-17-18/h3-9,13-14H,10,16H2,1-2H3/t13-,14-/m0/s1. The lowest BCUT2D eigenvalue weighted by Crippen LogP contribution is -2.05. The van der Waals surface area contributed by atoms with E-state index in [9.17, 15) is 0 Å². The van der Waals surface area contributed by atoms with Gasteiger partial charge in [-0.2, -0.15) is 5.10 Å². The fourth-order valence-corrected chi connectivity index (χ4v) is 3.10. The van der Waals surface area contributed by atoms with E-state index in [-0.39, 0.29) is 0 Å². The fourth-order valence-electron chi connectivity index (χ4n) is 3.10. The molecule has 1 saturated carbocycles. The van der Waals surface area contributed by atoms with Crippen LogP contribution in [0.2, 0.25) is 0 Å². The molecule has 1 aliphatic rings. The molecule has 3 nitrogen and oxygen atoms in total. The number of hydrogen-bond donors (Lipinski definition) is 1. The van der Waals surface area contributed by atoms with E-state index in [1.807, 2.05) is 16.9 Å². The summed E-state index contributed by atoms with van der Waals surface area (Å²) in [5.41, 5.74) is 8.68. The van der Waals surface area contributed by atoms with Crippen molar-refractivity contribution in [2.45, 2.75) is 19.8 Å². The average Bonchev–Trinajstić information content (AvgIpc) is 2.77. The monoisotopic (exact) mass is 241 g/mol. The molecule has 0 unspecified atom stereocenters. The van der Waals surface area contributed by atoms with Crippen molar-refractivity contribution in [3.8, 4) is 5.69 Å². The molecule has 3 heteroatoms. The third-order valence-electron chi connectivity index (χ3n) is 4.33.